The lowest BCUT2D eigenvalue weighted by molar-refractivity contribution is -0.139. The average Bonchev–Trinajstić information content (AvgIpc) is 2.61. The van der Waals surface area contributed by atoms with Crippen LogP contribution >= 0.6 is 23.2 Å². The van der Waals surface area contributed by atoms with Crippen LogP contribution in [-0.4, -0.2) is 12.0 Å². The van der Waals surface area contributed by atoms with Gasteiger partial charge in [0.05, 0.1) is 10.0 Å². The van der Waals surface area contributed by atoms with Crippen LogP contribution in [0.25, 0.3) is 5.83 Å². The predicted molar refractivity (Wildman–Crippen MR) is 105 cm³/mol. The lowest BCUT2D eigenvalue weighted by atomic mass is 9.90. The molecule has 30 heavy (non-hydrogen) atoms. The van der Waals surface area contributed by atoms with E-state index >= 15 is 0 Å². The number of allylic oxidation sites excluding steroid dienone is 1. The van der Waals surface area contributed by atoms with E-state index in [0.717, 1.165) is 32.0 Å². The second kappa shape index (κ2) is 8.63. The Morgan fingerprint density at radius 2 is 1.57 bits per heavy atom. The SMILES string of the molecule is CC(=O)c1ccc(/C(F)=C/C(c2cc(Cl)c(F)c(Cl)c2)C(F)(F)F)cc1C(C)(C)F. The second-order valence-corrected chi connectivity index (χ2v) is 7.94. The molecule has 0 heterocycles. The molecule has 0 N–H and O–H groups in total. The summed E-state index contributed by atoms with van der Waals surface area (Å²) in [4.78, 5) is 11.7. The molecule has 9 heteroatoms. The zero-order chi connectivity index (χ0) is 23.0. The van der Waals surface area contributed by atoms with E-state index in [1.165, 1.54) is 6.92 Å². The summed E-state index contributed by atoms with van der Waals surface area (Å²) in [7, 11) is 0. The molecule has 2 aromatic rings. The minimum Gasteiger partial charge on any atom is -0.294 e. The molecule has 0 spiro atoms. The first-order valence-corrected chi connectivity index (χ1v) is 9.31. The Kier molecular flexibility index (Phi) is 6.99. The molecule has 0 saturated heterocycles. The normalized spacial score (nSPS) is 14.0. The fraction of sp³-hybridized carbons (Fsp3) is 0.286. The zero-order valence-electron chi connectivity index (χ0n) is 16.0. The summed E-state index contributed by atoms with van der Waals surface area (Å²) in [5.74, 6) is -5.38. The number of halogens is 8. The van der Waals surface area contributed by atoms with Crippen LogP contribution < -0.4 is 0 Å². The lowest BCUT2D eigenvalue weighted by Crippen LogP contribution is -2.19. The number of carbonyl (C=O) groups excluding carboxylic acids is 1. The van der Waals surface area contributed by atoms with E-state index in [9.17, 15) is 31.1 Å². The quantitative estimate of drug-likeness (QED) is 0.245. The van der Waals surface area contributed by atoms with Crippen molar-refractivity contribution >= 4 is 34.8 Å². The van der Waals surface area contributed by atoms with Gasteiger partial charge in [0.25, 0.3) is 0 Å². The number of benzene rings is 2. The molecule has 0 aliphatic heterocycles. The highest BCUT2D eigenvalue weighted by Crippen LogP contribution is 2.41. The zero-order valence-corrected chi connectivity index (χ0v) is 17.5. The van der Waals surface area contributed by atoms with Crippen molar-refractivity contribution in [3.8, 4) is 0 Å². The van der Waals surface area contributed by atoms with Crippen molar-refractivity contribution in [1.82, 2.24) is 0 Å². The third-order valence-electron chi connectivity index (χ3n) is 4.35. The van der Waals surface area contributed by atoms with Crippen LogP contribution in [0.15, 0.2) is 36.4 Å². The van der Waals surface area contributed by atoms with Crippen molar-refractivity contribution in [2.24, 2.45) is 0 Å². The Morgan fingerprint density at radius 1 is 1.03 bits per heavy atom. The van der Waals surface area contributed by atoms with Crippen LogP contribution in [0.5, 0.6) is 0 Å². The summed E-state index contributed by atoms with van der Waals surface area (Å²) in [5, 5.41) is -1.29. The third-order valence-corrected chi connectivity index (χ3v) is 4.90. The number of rotatable bonds is 5. The Bertz CT molecular complexity index is 983. The number of carbonyl (C=O) groups is 1. The van der Waals surface area contributed by atoms with Gasteiger partial charge in [-0.25, -0.2) is 13.2 Å². The highest BCUT2D eigenvalue weighted by Gasteiger charge is 2.40. The molecule has 1 atom stereocenters. The number of Topliss-reactive ketones (excluding diaryl/α,β-unsaturated/α-hetero) is 1. The maximum absolute atomic E-state index is 14.8. The summed E-state index contributed by atoms with van der Waals surface area (Å²) in [6, 6.07) is 4.63. The van der Waals surface area contributed by atoms with E-state index in [1.54, 1.807) is 0 Å². The van der Waals surface area contributed by atoms with Crippen LogP contribution in [0.1, 0.15) is 53.7 Å². The Morgan fingerprint density at radius 3 is 2.00 bits per heavy atom. The smallest absolute Gasteiger partial charge is 0.294 e. The van der Waals surface area contributed by atoms with Gasteiger partial charge in [-0.15, -0.1) is 0 Å². The Hall–Kier alpha value is -1.99. The second-order valence-electron chi connectivity index (χ2n) is 7.12. The van der Waals surface area contributed by atoms with E-state index in [0.29, 0.717) is 12.1 Å². The molecule has 0 radical (unpaired) electrons. The van der Waals surface area contributed by atoms with Crippen LogP contribution in [-0.2, 0) is 5.67 Å². The van der Waals surface area contributed by atoms with Gasteiger partial charge < -0.3 is 0 Å². The van der Waals surface area contributed by atoms with Gasteiger partial charge in [-0.3, -0.25) is 4.79 Å². The number of alkyl halides is 4. The fourth-order valence-corrected chi connectivity index (χ4v) is 3.37. The predicted octanol–water partition coefficient (Wildman–Crippen LogP) is 8.20. The molecule has 1 unspecified atom stereocenters. The molecule has 0 aliphatic rings. The first-order valence-electron chi connectivity index (χ1n) is 8.56. The molecule has 2 aromatic carbocycles. The summed E-state index contributed by atoms with van der Waals surface area (Å²) < 4.78 is 83.6. The molecule has 162 valence electrons. The Labute approximate surface area is 179 Å². The molecular weight excluding hydrogens is 453 g/mol. The van der Waals surface area contributed by atoms with Gasteiger partial charge in [0.1, 0.15) is 17.4 Å². The molecule has 2 rings (SSSR count). The maximum atomic E-state index is 14.8. The number of ketones is 1. The van der Waals surface area contributed by atoms with Gasteiger partial charge >= 0.3 is 6.18 Å². The van der Waals surface area contributed by atoms with Crippen LogP contribution in [0.3, 0.4) is 0 Å². The maximum Gasteiger partial charge on any atom is 0.399 e. The summed E-state index contributed by atoms with van der Waals surface area (Å²) in [6.07, 6.45) is -4.69. The minimum atomic E-state index is -4.96. The largest absolute Gasteiger partial charge is 0.399 e. The van der Waals surface area contributed by atoms with Gasteiger partial charge in [-0.2, -0.15) is 13.2 Å². The molecule has 0 aliphatic carbocycles. The van der Waals surface area contributed by atoms with E-state index in [2.05, 4.69) is 0 Å². The van der Waals surface area contributed by atoms with E-state index in [4.69, 9.17) is 23.2 Å². The van der Waals surface area contributed by atoms with E-state index in [-0.39, 0.29) is 22.8 Å². The lowest BCUT2D eigenvalue weighted by Gasteiger charge is -2.20. The third kappa shape index (κ3) is 5.38. The fourth-order valence-electron chi connectivity index (χ4n) is 2.87. The number of hydrogen-bond acceptors (Lipinski definition) is 1. The Balaban J connectivity index is 2.62. The van der Waals surface area contributed by atoms with Gasteiger partial charge in [0.15, 0.2) is 11.6 Å². The molecule has 0 aromatic heterocycles. The van der Waals surface area contributed by atoms with Crippen molar-refractivity contribution in [3.63, 3.8) is 0 Å². The van der Waals surface area contributed by atoms with Gasteiger partial charge in [0.2, 0.25) is 0 Å². The first-order chi connectivity index (χ1) is 13.6. The van der Waals surface area contributed by atoms with Crippen molar-refractivity contribution < 1.29 is 31.1 Å². The average molecular weight is 469 g/mol. The van der Waals surface area contributed by atoms with Crippen LogP contribution in [0, 0.1) is 5.82 Å². The molecule has 0 bridgehead atoms. The molecule has 1 nitrogen and oxygen atoms in total. The van der Waals surface area contributed by atoms with Crippen molar-refractivity contribution in [3.05, 3.63) is 74.5 Å². The highest BCUT2D eigenvalue weighted by atomic mass is 35.5. The van der Waals surface area contributed by atoms with Gasteiger partial charge in [-0.1, -0.05) is 35.3 Å². The van der Waals surface area contributed by atoms with Gasteiger partial charge in [-0.05, 0) is 56.2 Å². The number of hydrogen-bond donors (Lipinski definition) is 0. The minimum absolute atomic E-state index is 0.0106. The molecule has 0 amide bonds. The monoisotopic (exact) mass is 468 g/mol. The van der Waals surface area contributed by atoms with Crippen LogP contribution in [0.4, 0.5) is 26.3 Å². The summed E-state index contributed by atoms with van der Waals surface area (Å²) in [6.45, 7) is 3.47. The van der Waals surface area contributed by atoms with Crippen molar-refractivity contribution in [2.75, 3.05) is 0 Å². The van der Waals surface area contributed by atoms with E-state index < -0.39 is 50.8 Å². The molecular formula is C21H16Cl2F6O. The highest BCUT2D eigenvalue weighted by molar-refractivity contribution is 6.35. The van der Waals surface area contributed by atoms with E-state index in [1.807, 2.05) is 0 Å². The summed E-state index contributed by atoms with van der Waals surface area (Å²) >= 11 is 11.1. The standard InChI is InChI=1S/C21H16Cl2F6O/c1-10(30)13-5-4-11(6-15(13)20(2,3)26)18(24)9-14(21(27,28)29)12-7-16(22)19(25)17(23)8-12/h4-9,14H,1-3H3/b18-9-. The first kappa shape index (κ1) is 24.3. The molecule has 0 fully saturated rings. The van der Waals surface area contributed by atoms with Crippen LogP contribution in [0.2, 0.25) is 10.0 Å². The topological polar surface area (TPSA) is 17.1 Å². The van der Waals surface area contributed by atoms with Gasteiger partial charge in [0, 0.05) is 11.1 Å². The van der Waals surface area contributed by atoms with Crippen molar-refractivity contribution in [1.29, 1.82) is 0 Å². The summed E-state index contributed by atoms with van der Waals surface area (Å²) in [5.41, 5.74) is -3.13. The molecule has 0 saturated carbocycles. The van der Waals surface area contributed by atoms with Crippen molar-refractivity contribution in [2.45, 2.75) is 38.5 Å².